The molecule has 1 unspecified atom stereocenters. The fraction of sp³-hybridized carbons (Fsp3) is 0.500. The van der Waals surface area contributed by atoms with E-state index in [1.807, 2.05) is 18.2 Å². The monoisotopic (exact) mass is 296 g/mol. The molecule has 0 bridgehead atoms. The van der Waals surface area contributed by atoms with Crippen LogP contribution in [0.4, 0.5) is 0 Å². The zero-order valence-electron chi connectivity index (χ0n) is 12.2. The van der Waals surface area contributed by atoms with E-state index in [2.05, 4.69) is 37.5 Å². The van der Waals surface area contributed by atoms with Crippen LogP contribution < -0.4 is 0 Å². The predicted molar refractivity (Wildman–Crippen MR) is 87.5 cm³/mol. The van der Waals surface area contributed by atoms with Crippen molar-refractivity contribution in [3.8, 4) is 0 Å². The van der Waals surface area contributed by atoms with E-state index in [0.717, 1.165) is 12.8 Å². The molecule has 1 nitrogen and oxygen atoms in total. The van der Waals surface area contributed by atoms with Gasteiger partial charge in [-0.25, -0.2) is 0 Å². The number of halogens is 1. The summed E-state index contributed by atoms with van der Waals surface area (Å²) in [6.45, 7) is 6.86. The van der Waals surface area contributed by atoms with Crippen molar-refractivity contribution in [2.75, 3.05) is 5.88 Å². The molecule has 3 heteroatoms. The fourth-order valence-corrected chi connectivity index (χ4v) is 3.91. The second kappa shape index (κ2) is 7.88. The maximum atomic E-state index is 10.1. The Labute approximate surface area is 123 Å². The Morgan fingerprint density at radius 3 is 2.42 bits per heavy atom. The highest BCUT2D eigenvalue weighted by molar-refractivity contribution is 6.81. The summed E-state index contributed by atoms with van der Waals surface area (Å²) in [7, 11) is -1.25. The quantitative estimate of drug-likeness (QED) is 0.583. The summed E-state index contributed by atoms with van der Waals surface area (Å²) in [5, 5.41) is 10.1. The minimum absolute atomic E-state index is 0.290. The van der Waals surface area contributed by atoms with Crippen molar-refractivity contribution in [1.29, 1.82) is 0 Å². The number of rotatable bonds is 7. The minimum Gasteiger partial charge on any atom is -0.393 e. The number of hydrogen-bond donors (Lipinski definition) is 1. The Morgan fingerprint density at radius 2 is 1.89 bits per heavy atom. The first-order chi connectivity index (χ1) is 8.90. The summed E-state index contributed by atoms with van der Waals surface area (Å²) < 4.78 is 0. The molecule has 0 aliphatic rings. The van der Waals surface area contributed by atoms with Gasteiger partial charge in [-0.3, -0.25) is 0 Å². The van der Waals surface area contributed by atoms with Gasteiger partial charge in [0.25, 0.3) is 0 Å². The smallest absolute Gasteiger partial charge is 0.0687 e. The summed E-state index contributed by atoms with van der Waals surface area (Å²) >= 11 is 5.98. The maximum Gasteiger partial charge on any atom is 0.0687 e. The van der Waals surface area contributed by atoms with Gasteiger partial charge < -0.3 is 5.11 Å². The molecule has 0 heterocycles. The van der Waals surface area contributed by atoms with E-state index >= 15 is 0 Å². The molecule has 1 aromatic carbocycles. The topological polar surface area (TPSA) is 20.2 Å². The van der Waals surface area contributed by atoms with Crippen LogP contribution >= 0.6 is 11.6 Å². The molecule has 0 aliphatic heterocycles. The SMILES string of the molecule is C[Si](C)(C)/C=C(/CCl)CC(O)CCc1ccccc1. The second-order valence-electron chi connectivity index (χ2n) is 6.18. The van der Waals surface area contributed by atoms with E-state index in [1.165, 1.54) is 11.1 Å². The lowest BCUT2D eigenvalue weighted by Gasteiger charge is -2.16. The van der Waals surface area contributed by atoms with E-state index in [0.29, 0.717) is 12.3 Å². The summed E-state index contributed by atoms with van der Waals surface area (Å²) in [4.78, 5) is 0. The molecule has 0 radical (unpaired) electrons. The fourth-order valence-electron chi connectivity index (χ4n) is 2.15. The van der Waals surface area contributed by atoms with Gasteiger partial charge in [-0.1, -0.05) is 61.2 Å². The first-order valence-electron chi connectivity index (χ1n) is 6.89. The number of alkyl halides is 1. The summed E-state index contributed by atoms with van der Waals surface area (Å²) in [5.74, 6) is 0.534. The van der Waals surface area contributed by atoms with Crippen molar-refractivity contribution in [3.05, 3.63) is 47.2 Å². The molecule has 106 valence electrons. The molecule has 0 saturated carbocycles. The highest BCUT2D eigenvalue weighted by Crippen LogP contribution is 2.16. The van der Waals surface area contributed by atoms with Crippen molar-refractivity contribution in [2.24, 2.45) is 0 Å². The van der Waals surface area contributed by atoms with Gasteiger partial charge in [0.2, 0.25) is 0 Å². The normalized spacial score (nSPS) is 14.5. The molecule has 0 aromatic heterocycles. The van der Waals surface area contributed by atoms with Crippen LogP contribution in [0.5, 0.6) is 0 Å². The Kier molecular flexibility index (Phi) is 6.84. The molecule has 19 heavy (non-hydrogen) atoms. The molecule has 1 N–H and O–H groups in total. The van der Waals surface area contributed by atoms with Gasteiger partial charge in [0, 0.05) is 5.88 Å². The van der Waals surface area contributed by atoms with E-state index in [1.54, 1.807) is 0 Å². The standard InChI is InChI=1S/C16H25ClOSi/c1-19(2,3)13-15(12-17)11-16(18)10-9-14-7-5-4-6-8-14/h4-8,13,16,18H,9-12H2,1-3H3/b15-13+. The first kappa shape index (κ1) is 16.5. The third-order valence-electron chi connectivity index (χ3n) is 2.92. The molecule has 0 amide bonds. The van der Waals surface area contributed by atoms with Crippen LogP contribution in [-0.4, -0.2) is 25.2 Å². The average Bonchev–Trinajstić information content (AvgIpc) is 2.35. The Balaban J connectivity index is 2.46. The minimum atomic E-state index is -1.25. The molecule has 1 rings (SSSR count). The lowest BCUT2D eigenvalue weighted by atomic mass is 10.0. The summed E-state index contributed by atoms with van der Waals surface area (Å²) in [6.07, 6.45) is 2.14. The van der Waals surface area contributed by atoms with Crippen molar-refractivity contribution in [1.82, 2.24) is 0 Å². The third kappa shape index (κ3) is 7.56. The van der Waals surface area contributed by atoms with Gasteiger partial charge in [-0.2, -0.15) is 0 Å². The number of aliphatic hydroxyl groups excluding tert-OH is 1. The average molecular weight is 297 g/mol. The molecule has 0 fully saturated rings. The van der Waals surface area contributed by atoms with E-state index in [9.17, 15) is 5.11 Å². The highest BCUT2D eigenvalue weighted by atomic mass is 35.5. The second-order valence-corrected chi connectivity index (χ2v) is 11.5. The molecular weight excluding hydrogens is 272 g/mol. The van der Waals surface area contributed by atoms with E-state index < -0.39 is 8.07 Å². The Bertz CT molecular complexity index is 395. The Morgan fingerprint density at radius 1 is 1.26 bits per heavy atom. The zero-order chi connectivity index (χ0) is 14.3. The number of hydrogen-bond acceptors (Lipinski definition) is 1. The summed E-state index contributed by atoms with van der Waals surface area (Å²) in [6, 6.07) is 10.3. The lowest BCUT2D eigenvalue weighted by molar-refractivity contribution is 0.165. The van der Waals surface area contributed by atoms with Crippen molar-refractivity contribution < 1.29 is 5.11 Å². The zero-order valence-corrected chi connectivity index (χ0v) is 14.0. The van der Waals surface area contributed by atoms with Crippen LogP contribution in [0.1, 0.15) is 18.4 Å². The predicted octanol–water partition coefficient (Wildman–Crippen LogP) is 4.41. The molecule has 0 spiro atoms. The maximum absolute atomic E-state index is 10.1. The van der Waals surface area contributed by atoms with Gasteiger partial charge in [0.05, 0.1) is 14.2 Å². The van der Waals surface area contributed by atoms with E-state index in [-0.39, 0.29) is 6.10 Å². The van der Waals surface area contributed by atoms with Crippen LogP contribution in [0, 0.1) is 0 Å². The van der Waals surface area contributed by atoms with Crippen molar-refractivity contribution in [3.63, 3.8) is 0 Å². The first-order valence-corrected chi connectivity index (χ1v) is 11.0. The number of benzene rings is 1. The van der Waals surface area contributed by atoms with Gasteiger partial charge in [0.15, 0.2) is 0 Å². The van der Waals surface area contributed by atoms with E-state index in [4.69, 9.17) is 11.6 Å². The molecule has 1 aromatic rings. The molecule has 1 atom stereocenters. The van der Waals surface area contributed by atoms with Crippen LogP contribution in [-0.2, 0) is 6.42 Å². The third-order valence-corrected chi connectivity index (χ3v) is 4.53. The van der Waals surface area contributed by atoms with Crippen LogP contribution in [0.2, 0.25) is 19.6 Å². The van der Waals surface area contributed by atoms with Gasteiger partial charge >= 0.3 is 0 Å². The largest absolute Gasteiger partial charge is 0.393 e. The van der Waals surface area contributed by atoms with Crippen molar-refractivity contribution in [2.45, 2.75) is 45.0 Å². The Hall–Kier alpha value is -0.573. The molecular formula is C16H25ClOSi. The van der Waals surface area contributed by atoms with Crippen LogP contribution in [0.25, 0.3) is 0 Å². The lowest BCUT2D eigenvalue weighted by Crippen LogP contribution is -2.19. The summed E-state index contributed by atoms with van der Waals surface area (Å²) in [5.41, 5.74) is 4.79. The number of aryl methyl sites for hydroxylation is 1. The van der Waals surface area contributed by atoms with Gasteiger partial charge in [-0.15, -0.1) is 11.6 Å². The van der Waals surface area contributed by atoms with Gasteiger partial charge in [0.1, 0.15) is 0 Å². The van der Waals surface area contributed by atoms with Gasteiger partial charge in [-0.05, 0) is 24.8 Å². The molecule has 0 saturated heterocycles. The highest BCUT2D eigenvalue weighted by Gasteiger charge is 2.13. The van der Waals surface area contributed by atoms with Crippen LogP contribution in [0.3, 0.4) is 0 Å². The number of aliphatic hydroxyl groups is 1. The van der Waals surface area contributed by atoms with Crippen LogP contribution in [0.15, 0.2) is 41.6 Å². The van der Waals surface area contributed by atoms with Crippen molar-refractivity contribution >= 4 is 19.7 Å². The molecule has 0 aliphatic carbocycles.